The van der Waals surface area contributed by atoms with Crippen molar-refractivity contribution in [2.75, 3.05) is 21.5 Å². The second-order valence-electron chi connectivity index (χ2n) is 5.95. The van der Waals surface area contributed by atoms with Crippen LogP contribution >= 0.6 is 11.8 Å². The monoisotopic (exact) mass is 315 g/mol. The maximum absolute atomic E-state index is 11.0. The number of anilines is 2. The van der Waals surface area contributed by atoms with Crippen molar-refractivity contribution < 1.29 is 8.42 Å². The lowest BCUT2D eigenvalue weighted by molar-refractivity contribution is 0.358. The molecule has 7 heteroatoms. The van der Waals surface area contributed by atoms with Crippen molar-refractivity contribution in [3.63, 3.8) is 0 Å². The topological polar surface area (TPSA) is 84.2 Å². The van der Waals surface area contributed by atoms with E-state index in [1.807, 2.05) is 17.8 Å². The summed E-state index contributed by atoms with van der Waals surface area (Å²) in [5.41, 5.74) is 1.71. The number of nitrogens with two attached hydrogens (primary N) is 1. The van der Waals surface area contributed by atoms with Crippen LogP contribution in [0.25, 0.3) is 0 Å². The Balaban J connectivity index is 2.04. The van der Waals surface area contributed by atoms with Crippen LogP contribution in [0, 0.1) is 5.41 Å². The standard InChI is InChI=1S/C13H21N3O2S2/c1-13(2)7-12(8-19-9-13)15-10-4-3-5-11(6-10)16-20(14,17)18/h3-6,12,15-16H,7-9H2,1-2H3,(H2,14,17,18). The summed E-state index contributed by atoms with van der Waals surface area (Å²) < 4.78 is 24.3. The first-order valence-corrected chi connectivity index (χ1v) is 9.19. The van der Waals surface area contributed by atoms with Gasteiger partial charge in [-0.1, -0.05) is 19.9 Å². The fourth-order valence-corrected chi connectivity index (χ4v) is 4.16. The third-order valence-corrected chi connectivity index (χ3v) is 5.25. The van der Waals surface area contributed by atoms with Crippen molar-refractivity contribution in [1.29, 1.82) is 0 Å². The van der Waals surface area contributed by atoms with Crippen LogP contribution in [0.5, 0.6) is 0 Å². The van der Waals surface area contributed by atoms with Gasteiger partial charge in [0.15, 0.2) is 0 Å². The minimum atomic E-state index is -3.73. The highest BCUT2D eigenvalue weighted by Gasteiger charge is 2.28. The molecule has 1 aliphatic heterocycles. The van der Waals surface area contributed by atoms with Gasteiger partial charge in [-0.25, -0.2) is 5.14 Å². The van der Waals surface area contributed by atoms with Crippen LogP contribution in [0.1, 0.15) is 20.3 Å². The van der Waals surface area contributed by atoms with Gasteiger partial charge in [0.05, 0.1) is 5.69 Å². The molecule has 1 atom stereocenters. The SMILES string of the molecule is CC1(C)CSCC(Nc2cccc(NS(N)(=O)=O)c2)C1. The summed E-state index contributed by atoms with van der Waals surface area (Å²) in [6.07, 6.45) is 1.10. The summed E-state index contributed by atoms with van der Waals surface area (Å²) in [6.45, 7) is 4.54. The molecule has 1 aromatic carbocycles. The average molecular weight is 315 g/mol. The van der Waals surface area contributed by atoms with Gasteiger partial charge >= 0.3 is 0 Å². The molecule has 20 heavy (non-hydrogen) atoms. The van der Waals surface area contributed by atoms with Gasteiger partial charge in [-0.2, -0.15) is 20.2 Å². The molecule has 1 unspecified atom stereocenters. The maximum Gasteiger partial charge on any atom is 0.296 e. The molecule has 112 valence electrons. The molecule has 1 aliphatic rings. The van der Waals surface area contributed by atoms with Gasteiger partial charge in [0.25, 0.3) is 10.2 Å². The van der Waals surface area contributed by atoms with Crippen LogP contribution in [-0.2, 0) is 10.2 Å². The Morgan fingerprint density at radius 2 is 2.05 bits per heavy atom. The highest BCUT2D eigenvalue weighted by molar-refractivity contribution is 7.99. The van der Waals surface area contributed by atoms with E-state index in [0.717, 1.165) is 17.9 Å². The van der Waals surface area contributed by atoms with Crippen molar-refractivity contribution in [2.24, 2.45) is 10.6 Å². The lowest BCUT2D eigenvalue weighted by Gasteiger charge is -2.35. The normalized spacial score (nSPS) is 22.2. The molecular weight excluding hydrogens is 294 g/mol. The van der Waals surface area contributed by atoms with Gasteiger partial charge in [0.2, 0.25) is 0 Å². The predicted octanol–water partition coefficient (Wildman–Crippen LogP) is 2.25. The molecular formula is C13H21N3O2S2. The zero-order chi connectivity index (χ0) is 14.8. The molecule has 1 fully saturated rings. The van der Waals surface area contributed by atoms with Crippen LogP contribution in [0.2, 0.25) is 0 Å². The van der Waals surface area contributed by atoms with E-state index < -0.39 is 10.2 Å². The molecule has 0 saturated carbocycles. The Morgan fingerprint density at radius 3 is 2.70 bits per heavy atom. The van der Waals surface area contributed by atoms with Gasteiger partial charge in [-0.3, -0.25) is 4.72 Å². The summed E-state index contributed by atoms with van der Waals surface area (Å²) in [5, 5.41) is 8.44. The molecule has 0 aromatic heterocycles. The van der Waals surface area contributed by atoms with E-state index in [9.17, 15) is 8.42 Å². The van der Waals surface area contributed by atoms with E-state index in [0.29, 0.717) is 17.1 Å². The van der Waals surface area contributed by atoms with Crippen molar-refractivity contribution in [2.45, 2.75) is 26.3 Å². The molecule has 4 N–H and O–H groups in total. The molecule has 0 spiro atoms. The Morgan fingerprint density at radius 1 is 1.35 bits per heavy atom. The van der Waals surface area contributed by atoms with Gasteiger partial charge in [0.1, 0.15) is 0 Å². The molecule has 0 radical (unpaired) electrons. The van der Waals surface area contributed by atoms with E-state index in [1.165, 1.54) is 5.75 Å². The van der Waals surface area contributed by atoms with Gasteiger partial charge in [0, 0.05) is 17.5 Å². The number of nitrogens with one attached hydrogen (secondary N) is 2. The van der Waals surface area contributed by atoms with Crippen LogP contribution in [0.15, 0.2) is 24.3 Å². The number of hydrogen-bond acceptors (Lipinski definition) is 4. The van der Waals surface area contributed by atoms with Crippen molar-refractivity contribution in [3.05, 3.63) is 24.3 Å². The molecule has 0 amide bonds. The van der Waals surface area contributed by atoms with Crippen molar-refractivity contribution in [1.82, 2.24) is 0 Å². The number of benzene rings is 1. The lowest BCUT2D eigenvalue weighted by atomic mass is 9.88. The number of rotatable bonds is 4. The lowest BCUT2D eigenvalue weighted by Crippen LogP contribution is -2.35. The minimum Gasteiger partial charge on any atom is -0.381 e. The van der Waals surface area contributed by atoms with Crippen molar-refractivity contribution >= 4 is 33.3 Å². The zero-order valence-corrected chi connectivity index (χ0v) is 13.4. The smallest absolute Gasteiger partial charge is 0.296 e. The van der Waals surface area contributed by atoms with E-state index in [2.05, 4.69) is 23.9 Å². The van der Waals surface area contributed by atoms with E-state index in [-0.39, 0.29) is 0 Å². The molecule has 5 nitrogen and oxygen atoms in total. The van der Waals surface area contributed by atoms with E-state index in [1.54, 1.807) is 18.2 Å². The zero-order valence-electron chi connectivity index (χ0n) is 11.7. The quantitative estimate of drug-likeness (QED) is 0.795. The Kier molecular flexibility index (Phi) is 4.51. The highest BCUT2D eigenvalue weighted by Crippen LogP contribution is 2.34. The second kappa shape index (κ2) is 5.83. The minimum absolute atomic E-state index is 0.330. The second-order valence-corrected chi connectivity index (χ2v) is 8.28. The summed E-state index contributed by atoms with van der Waals surface area (Å²) in [5.74, 6) is 2.24. The maximum atomic E-state index is 11.0. The Labute approximate surface area is 124 Å². The van der Waals surface area contributed by atoms with E-state index in [4.69, 9.17) is 5.14 Å². The molecule has 1 saturated heterocycles. The third kappa shape index (κ3) is 4.88. The highest BCUT2D eigenvalue weighted by atomic mass is 32.2. The van der Waals surface area contributed by atoms with Crippen LogP contribution in [0.3, 0.4) is 0 Å². The third-order valence-electron chi connectivity index (χ3n) is 3.10. The molecule has 1 aromatic rings. The molecule has 0 bridgehead atoms. The first-order chi connectivity index (χ1) is 9.23. The number of hydrogen-bond donors (Lipinski definition) is 3. The summed E-state index contributed by atoms with van der Waals surface area (Å²) in [6, 6.07) is 7.57. The summed E-state index contributed by atoms with van der Waals surface area (Å²) >= 11 is 1.95. The van der Waals surface area contributed by atoms with E-state index >= 15 is 0 Å². The summed E-state index contributed by atoms with van der Waals surface area (Å²) in [4.78, 5) is 0. The molecule has 1 heterocycles. The largest absolute Gasteiger partial charge is 0.381 e. The number of thioether (sulfide) groups is 1. The fraction of sp³-hybridized carbons (Fsp3) is 0.538. The Hall–Kier alpha value is -0.920. The average Bonchev–Trinajstić information content (AvgIpc) is 2.25. The predicted molar refractivity (Wildman–Crippen MR) is 86.3 cm³/mol. The summed E-state index contributed by atoms with van der Waals surface area (Å²) in [7, 11) is -3.73. The Bertz CT molecular complexity index is 573. The van der Waals surface area contributed by atoms with Crippen LogP contribution in [0.4, 0.5) is 11.4 Å². The molecule has 0 aliphatic carbocycles. The first-order valence-electron chi connectivity index (χ1n) is 6.48. The fourth-order valence-electron chi connectivity index (χ4n) is 2.43. The first kappa shape index (κ1) is 15.5. The van der Waals surface area contributed by atoms with Gasteiger partial charge in [-0.15, -0.1) is 0 Å². The van der Waals surface area contributed by atoms with Gasteiger partial charge < -0.3 is 5.32 Å². The van der Waals surface area contributed by atoms with Crippen LogP contribution in [-0.4, -0.2) is 26.0 Å². The van der Waals surface area contributed by atoms with Crippen molar-refractivity contribution in [3.8, 4) is 0 Å². The van der Waals surface area contributed by atoms with Crippen LogP contribution < -0.4 is 15.2 Å². The molecule has 2 rings (SSSR count). The van der Waals surface area contributed by atoms with Gasteiger partial charge in [-0.05, 0) is 35.8 Å².